The van der Waals surface area contributed by atoms with Crippen LogP contribution < -0.4 is 10.6 Å². The van der Waals surface area contributed by atoms with E-state index in [1.165, 1.54) is 13.2 Å². The highest BCUT2D eigenvalue weighted by atomic mass is 35.5. The number of hydrogen-bond donors (Lipinski definition) is 3. The number of nitrogens with one attached hydrogen (secondary N) is 3. The van der Waals surface area contributed by atoms with Crippen LogP contribution >= 0.6 is 11.6 Å². The van der Waals surface area contributed by atoms with Gasteiger partial charge in [-0.3, -0.25) is 15.1 Å². The molecule has 0 fully saturated rings. The summed E-state index contributed by atoms with van der Waals surface area (Å²) in [6.07, 6.45) is 5.95. The average Bonchev–Trinajstić information content (AvgIpc) is 3.41. The summed E-state index contributed by atoms with van der Waals surface area (Å²) in [7, 11) is 1.31. The maximum absolute atomic E-state index is 12.4. The van der Waals surface area contributed by atoms with Crippen molar-refractivity contribution in [2.45, 2.75) is 6.54 Å². The zero-order valence-electron chi connectivity index (χ0n) is 18.5. The van der Waals surface area contributed by atoms with Crippen molar-refractivity contribution in [3.05, 3.63) is 83.2 Å². The number of nitrogens with zero attached hydrogens (tertiary/aromatic N) is 4. The fourth-order valence-corrected chi connectivity index (χ4v) is 3.41. The van der Waals surface area contributed by atoms with E-state index >= 15 is 0 Å². The molecule has 0 spiro atoms. The lowest BCUT2D eigenvalue weighted by atomic mass is 10.1. The summed E-state index contributed by atoms with van der Waals surface area (Å²) >= 11 is 6.11. The molecule has 2 amide bonds. The Balaban J connectivity index is 1.40. The van der Waals surface area contributed by atoms with Crippen LogP contribution in [0.25, 0.3) is 28.6 Å². The van der Waals surface area contributed by atoms with Gasteiger partial charge >= 0.3 is 6.09 Å². The lowest BCUT2D eigenvalue weighted by Gasteiger charge is -2.08. The predicted octanol–water partition coefficient (Wildman–Crippen LogP) is 4.09. The number of carbonyl (C=O) groups excluding carboxylic acids is 2. The first kappa shape index (κ1) is 23.6. The second-order valence-corrected chi connectivity index (χ2v) is 7.74. The Morgan fingerprint density at radius 1 is 1.09 bits per heavy atom. The van der Waals surface area contributed by atoms with Crippen LogP contribution in [0.2, 0.25) is 5.02 Å². The van der Waals surface area contributed by atoms with E-state index in [2.05, 4.69) is 41.0 Å². The van der Waals surface area contributed by atoms with E-state index in [1.807, 2.05) is 18.2 Å². The molecule has 10 nitrogen and oxygen atoms in total. The van der Waals surface area contributed by atoms with Crippen LogP contribution in [0.5, 0.6) is 0 Å². The molecule has 0 saturated heterocycles. The molecule has 4 aromatic rings. The molecule has 0 atom stereocenters. The number of benzene rings is 2. The number of anilines is 1. The number of pyridine rings is 1. The van der Waals surface area contributed by atoms with Crippen LogP contribution in [0.3, 0.4) is 0 Å². The highest BCUT2D eigenvalue weighted by Crippen LogP contribution is 2.25. The molecule has 0 aliphatic rings. The van der Waals surface area contributed by atoms with Crippen molar-refractivity contribution in [1.29, 1.82) is 0 Å². The Hall–Kier alpha value is -4.57. The minimum Gasteiger partial charge on any atom is -0.453 e. The molecule has 0 saturated carbocycles. The lowest BCUT2D eigenvalue weighted by molar-refractivity contribution is -0.116. The van der Waals surface area contributed by atoms with Crippen molar-refractivity contribution in [1.82, 2.24) is 30.9 Å². The second kappa shape index (κ2) is 11.0. The molecule has 0 unspecified atom stereocenters. The molecule has 0 bridgehead atoms. The topological polar surface area (TPSA) is 135 Å². The van der Waals surface area contributed by atoms with E-state index in [0.717, 1.165) is 16.7 Å². The van der Waals surface area contributed by atoms with Crippen molar-refractivity contribution >= 4 is 35.4 Å². The largest absolute Gasteiger partial charge is 0.453 e. The smallest absolute Gasteiger partial charge is 0.411 e. The van der Waals surface area contributed by atoms with Gasteiger partial charge in [-0.1, -0.05) is 23.7 Å². The quantitative estimate of drug-likeness (QED) is 0.333. The molecule has 2 aromatic heterocycles. The molecule has 0 aliphatic heterocycles. The zero-order chi connectivity index (χ0) is 24.6. The van der Waals surface area contributed by atoms with Crippen LogP contribution in [0.4, 0.5) is 10.5 Å². The number of halogens is 1. The van der Waals surface area contributed by atoms with Crippen LogP contribution in [0, 0.1) is 0 Å². The number of carbonyl (C=O) groups is 2. The highest BCUT2D eigenvalue weighted by molar-refractivity contribution is 6.30. The summed E-state index contributed by atoms with van der Waals surface area (Å²) in [6, 6.07) is 14.4. The van der Waals surface area contributed by atoms with Gasteiger partial charge in [0.15, 0.2) is 5.82 Å². The van der Waals surface area contributed by atoms with Gasteiger partial charge in [-0.25, -0.2) is 9.89 Å². The Kier molecular flexibility index (Phi) is 7.44. The third kappa shape index (κ3) is 6.27. The van der Waals surface area contributed by atoms with E-state index < -0.39 is 6.09 Å². The van der Waals surface area contributed by atoms with Crippen molar-refractivity contribution in [3.63, 3.8) is 0 Å². The minimum atomic E-state index is -0.534. The Morgan fingerprint density at radius 3 is 2.66 bits per heavy atom. The first-order valence-electron chi connectivity index (χ1n) is 10.4. The number of hydrogen-bond acceptors (Lipinski definition) is 7. The van der Waals surface area contributed by atoms with Gasteiger partial charge in [0.25, 0.3) is 0 Å². The molecule has 3 N–H and O–H groups in total. The monoisotopic (exact) mass is 489 g/mol. The van der Waals surface area contributed by atoms with Crippen LogP contribution in [-0.2, 0) is 16.1 Å². The number of tetrazole rings is 1. The number of H-pyrrole nitrogens is 1. The molecule has 0 aliphatic carbocycles. The summed E-state index contributed by atoms with van der Waals surface area (Å²) in [5.74, 6) is 0.189. The van der Waals surface area contributed by atoms with E-state index in [1.54, 1.807) is 48.8 Å². The fourth-order valence-electron chi connectivity index (χ4n) is 3.23. The Bertz CT molecular complexity index is 1360. The lowest BCUT2D eigenvalue weighted by Crippen LogP contribution is -2.20. The maximum Gasteiger partial charge on any atom is 0.411 e. The molecule has 2 aromatic carbocycles. The molecule has 176 valence electrons. The van der Waals surface area contributed by atoms with Crippen molar-refractivity contribution in [2.24, 2.45) is 0 Å². The van der Waals surface area contributed by atoms with E-state index in [-0.39, 0.29) is 5.91 Å². The van der Waals surface area contributed by atoms with Gasteiger partial charge < -0.3 is 10.1 Å². The summed E-state index contributed by atoms with van der Waals surface area (Å²) in [5.41, 5.74) is 4.65. The predicted molar refractivity (Wildman–Crippen MR) is 131 cm³/mol. The number of ether oxygens (including phenoxy) is 1. The number of aromatic amines is 1. The maximum atomic E-state index is 12.4. The van der Waals surface area contributed by atoms with Gasteiger partial charge in [-0.15, -0.1) is 5.10 Å². The Morgan fingerprint density at radius 2 is 1.91 bits per heavy atom. The average molecular weight is 490 g/mol. The summed E-state index contributed by atoms with van der Waals surface area (Å²) in [6.45, 7) is 0.292. The van der Waals surface area contributed by atoms with E-state index in [9.17, 15) is 9.59 Å². The second-order valence-electron chi connectivity index (χ2n) is 7.31. The number of aromatic nitrogens is 5. The van der Waals surface area contributed by atoms with E-state index in [4.69, 9.17) is 11.6 Å². The third-order valence-corrected chi connectivity index (χ3v) is 5.18. The van der Waals surface area contributed by atoms with Gasteiger partial charge in [-0.2, -0.15) is 0 Å². The molecule has 2 heterocycles. The molecular formula is C24H20ClN7O3. The van der Waals surface area contributed by atoms with Gasteiger partial charge in [-0.05, 0) is 69.6 Å². The number of methoxy groups -OCH3 is 1. The molecule has 4 rings (SSSR count). The molecule has 0 radical (unpaired) electrons. The van der Waals surface area contributed by atoms with Gasteiger partial charge in [0.2, 0.25) is 5.91 Å². The van der Waals surface area contributed by atoms with Crippen molar-refractivity contribution in [2.75, 3.05) is 12.4 Å². The first-order chi connectivity index (χ1) is 17.0. The normalized spacial score (nSPS) is 10.8. The van der Waals surface area contributed by atoms with Gasteiger partial charge in [0.1, 0.15) is 0 Å². The van der Waals surface area contributed by atoms with Crippen molar-refractivity contribution in [3.8, 4) is 22.5 Å². The van der Waals surface area contributed by atoms with Crippen LogP contribution in [0.1, 0.15) is 11.1 Å². The molecular weight excluding hydrogens is 470 g/mol. The highest BCUT2D eigenvalue weighted by Gasteiger charge is 2.08. The third-order valence-electron chi connectivity index (χ3n) is 4.94. The van der Waals surface area contributed by atoms with Gasteiger partial charge in [0, 0.05) is 46.9 Å². The summed E-state index contributed by atoms with van der Waals surface area (Å²) < 4.78 is 4.59. The van der Waals surface area contributed by atoms with Crippen LogP contribution in [-0.4, -0.2) is 44.7 Å². The molecule has 35 heavy (non-hydrogen) atoms. The molecule has 11 heteroatoms. The van der Waals surface area contributed by atoms with Crippen molar-refractivity contribution < 1.29 is 14.3 Å². The first-order valence-corrected chi connectivity index (χ1v) is 10.8. The standard InChI is InChI=1S/C24H20ClN7O3/c1-35-24(34)28-20-6-2-16(3-7-20)18-10-15(12-26-14-18)13-27-22(33)9-4-17-11-19(25)5-8-21(17)23-29-31-32-30-23/h2-12,14H,13H2,1H3,(H,27,33)(H,28,34)(H,29,30,31,32)/b9-4+. The number of rotatable bonds is 7. The Labute approximate surface area is 205 Å². The fraction of sp³-hybridized carbons (Fsp3) is 0.0833. The van der Waals surface area contributed by atoms with E-state index in [0.29, 0.717) is 34.2 Å². The van der Waals surface area contributed by atoms with Gasteiger partial charge in [0.05, 0.1) is 7.11 Å². The SMILES string of the molecule is COC(=O)Nc1ccc(-c2cncc(CNC(=O)/C=C/c3cc(Cl)ccc3-c3nnn[nH]3)c2)cc1. The summed E-state index contributed by atoms with van der Waals surface area (Å²) in [5, 5.41) is 19.8. The summed E-state index contributed by atoms with van der Waals surface area (Å²) in [4.78, 5) is 28.0. The number of amides is 2. The minimum absolute atomic E-state index is 0.282. The zero-order valence-corrected chi connectivity index (χ0v) is 19.3. The van der Waals surface area contributed by atoms with Crippen LogP contribution in [0.15, 0.2) is 67.0 Å².